The van der Waals surface area contributed by atoms with Gasteiger partial charge in [-0.05, 0) is 58.4 Å². The van der Waals surface area contributed by atoms with Crippen LogP contribution in [0.15, 0.2) is 207 Å². The number of rotatable bonds is 13. The largest absolute Gasteiger partial charge is 0.361 e. The zero-order valence-corrected chi connectivity index (χ0v) is 29.8. The molecule has 53 heavy (non-hydrogen) atoms. The molecule has 0 aliphatic carbocycles. The lowest BCUT2D eigenvalue weighted by molar-refractivity contribution is -0.00111. The third-order valence-corrected chi connectivity index (χ3v) is 10.6. The van der Waals surface area contributed by atoms with E-state index in [0.717, 1.165) is 51.9 Å². The van der Waals surface area contributed by atoms with Gasteiger partial charge in [-0.2, -0.15) is 0 Å². The van der Waals surface area contributed by atoms with Crippen LogP contribution in [-0.2, 0) is 20.7 Å². The number of nitrogens with zero attached hydrogens (tertiary/aromatic N) is 2. The van der Waals surface area contributed by atoms with E-state index in [0.29, 0.717) is 13.2 Å². The molecule has 262 valence electrons. The van der Waals surface area contributed by atoms with Crippen molar-refractivity contribution >= 4 is 5.69 Å². The fourth-order valence-corrected chi connectivity index (χ4v) is 8.21. The molecular formula is C49H44N2O2. The van der Waals surface area contributed by atoms with Crippen LogP contribution in [0.1, 0.15) is 46.2 Å². The van der Waals surface area contributed by atoms with Crippen molar-refractivity contribution in [3.8, 4) is 0 Å². The van der Waals surface area contributed by atoms with E-state index in [2.05, 4.69) is 204 Å². The molecule has 0 unspecified atom stereocenters. The summed E-state index contributed by atoms with van der Waals surface area (Å²) in [6.45, 7) is 1.03. The van der Waals surface area contributed by atoms with Crippen molar-refractivity contribution in [1.29, 1.82) is 0 Å². The first kappa shape index (κ1) is 34.3. The predicted octanol–water partition coefficient (Wildman–Crippen LogP) is 10.4. The molecule has 0 radical (unpaired) electrons. The summed E-state index contributed by atoms with van der Waals surface area (Å²) in [5, 5.41) is 0. The van der Waals surface area contributed by atoms with Crippen LogP contribution in [0.25, 0.3) is 0 Å². The number of benzene rings is 6. The molecule has 7 aromatic rings. The second kappa shape index (κ2) is 15.8. The molecule has 0 N–H and O–H groups in total. The summed E-state index contributed by atoms with van der Waals surface area (Å²) >= 11 is 0. The van der Waals surface area contributed by atoms with Gasteiger partial charge in [-0.1, -0.05) is 182 Å². The molecule has 6 aromatic carbocycles. The molecule has 1 aliphatic rings. The van der Waals surface area contributed by atoms with Crippen molar-refractivity contribution in [3.63, 3.8) is 0 Å². The van der Waals surface area contributed by atoms with E-state index in [4.69, 9.17) is 9.47 Å². The summed E-state index contributed by atoms with van der Waals surface area (Å²) in [5.74, 6) is 0. The summed E-state index contributed by atoms with van der Waals surface area (Å²) < 4.78 is 14.9. The van der Waals surface area contributed by atoms with Crippen molar-refractivity contribution in [3.05, 3.63) is 240 Å². The number of ether oxygens (including phenoxy) is 2. The van der Waals surface area contributed by atoms with E-state index in [9.17, 15) is 0 Å². The highest BCUT2D eigenvalue weighted by molar-refractivity contribution is 5.51. The van der Waals surface area contributed by atoms with Crippen molar-refractivity contribution in [2.75, 3.05) is 18.1 Å². The van der Waals surface area contributed by atoms with Crippen LogP contribution in [-0.4, -0.2) is 30.3 Å². The van der Waals surface area contributed by atoms with Crippen LogP contribution in [0.5, 0.6) is 0 Å². The molecular weight excluding hydrogens is 649 g/mol. The molecule has 0 spiro atoms. The van der Waals surface area contributed by atoms with Gasteiger partial charge in [0.1, 0.15) is 11.2 Å². The van der Waals surface area contributed by atoms with Gasteiger partial charge in [-0.3, -0.25) is 4.98 Å². The zero-order chi connectivity index (χ0) is 35.8. The molecule has 1 aliphatic heterocycles. The van der Waals surface area contributed by atoms with Gasteiger partial charge in [0.25, 0.3) is 0 Å². The molecule has 4 heteroatoms. The Morgan fingerprint density at radius 1 is 0.396 bits per heavy atom. The Morgan fingerprint density at radius 3 is 0.925 bits per heavy atom. The lowest BCUT2D eigenvalue weighted by atomic mass is 9.80. The summed E-state index contributed by atoms with van der Waals surface area (Å²) in [7, 11) is 0. The normalized spacial score (nSPS) is 16.0. The van der Waals surface area contributed by atoms with Crippen molar-refractivity contribution in [1.82, 2.24) is 4.98 Å². The van der Waals surface area contributed by atoms with Crippen LogP contribution in [0.2, 0.25) is 0 Å². The highest BCUT2D eigenvalue weighted by Gasteiger charge is 2.43. The fourth-order valence-electron chi connectivity index (χ4n) is 8.21. The maximum Gasteiger partial charge on any atom is 0.143 e. The van der Waals surface area contributed by atoms with E-state index in [1.165, 1.54) is 0 Å². The molecule has 0 bridgehead atoms. The van der Waals surface area contributed by atoms with Gasteiger partial charge in [0, 0.05) is 18.1 Å². The highest BCUT2D eigenvalue weighted by Crippen LogP contribution is 2.44. The molecule has 1 fully saturated rings. The Bertz CT molecular complexity index is 1800. The quantitative estimate of drug-likeness (QED) is 0.113. The first-order valence-electron chi connectivity index (χ1n) is 18.6. The second-order valence-corrected chi connectivity index (χ2v) is 13.7. The fraction of sp³-hybridized carbons (Fsp3) is 0.163. The molecule has 2 atom stereocenters. The molecule has 4 nitrogen and oxygen atoms in total. The zero-order valence-electron chi connectivity index (χ0n) is 29.8. The minimum Gasteiger partial charge on any atom is -0.361 e. The molecule has 1 saturated heterocycles. The Balaban J connectivity index is 1.17. The standard InChI is InChI=1S/C49H44N2O2/c1-7-19-39(20-8-1)48(40-21-9-2-10-22-40,41-23-11-3-12-24-41)52-37-46-31-32-47(51(46)45-33-35-50-36-34-45)38-53-49(42-25-13-4-14-26-42,43-27-15-5-16-28-43)44-29-17-6-18-30-44/h1-30,33-36,46-47H,31-32,37-38H2/t46-,47-/m1/s1. The van der Waals surface area contributed by atoms with Crippen LogP contribution in [0.3, 0.4) is 0 Å². The Kier molecular flexibility index (Phi) is 10.2. The van der Waals surface area contributed by atoms with Gasteiger partial charge >= 0.3 is 0 Å². The van der Waals surface area contributed by atoms with Gasteiger partial charge in [-0.25, -0.2) is 0 Å². The topological polar surface area (TPSA) is 34.6 Å². The number of aromatic nitrogens is 1. The van der Waals surface area contributed by atoms with Crippen LogP contribution >= 0.6 is 0 Å². The van der Waals surface area contributed by atoms with Gasteiger partial charge < -0.3 is 14.4 Å². The Labute approximate surface area is 313 Å². The average molecular weight is 693 g/mol. The number of hydrogen-bond donors (Lipinski definition) is 0. The third-order valence-electron chi connectivity index (χ3n) is 10.6. The van der Waals surface area contributed by atoms with Gasteiger partial charge in [-0.15, -0.1) is 0 Å². The maximum absolute atomic E-state index is 7.43. The third kappa shape index (κ3) is 6.80. The lowest BCUT2D eigenvalue weighted by Crippen LogP contribution is -2.45. The predicted molar refractivity (Wildman–Crippen MR) is 214 cm³/mol. The number of anilines is 1. The van der Waals surface area contributed by atoms with Gasteiger partial charge in [0.2, 0.25) is 0 Å². The Morgan fingerprint density at radius 2 is 0.660 bits per heavy atom. The minimum absolute atomic E-state index is 0.0982. The van der Waals surface area contributed by atoms with E-state index in [1.54, 1.807) is 0 Å². The monoisotopic (exact) mass is 692 g/mol. The van der Waals surface area contributed by atoms with Gasteiger partial charge in [0.15, 0.2) is 0 Å². The highest BCUT2D eigenvalue weighted by atomic mass is 16.5. The second-order valence-electron chi connectivity index (χ2n) is 13.7. The molecule has 1 aromatic heterocycles. The van der Waals surface area contributed by atoms with Crippen molar-refractivity contribution < 1.29 is 9.47 Å². The summed E-state index contributed by atoms with van der Waals surface area (Å²) in [5.41, 5.74) is 6.13. The van der Waals surface area contributed by atoms with Crippen LogP contribution in [0, 0.1) is 0 Å². The van der Waals surface area contributed by atoms with E-state index in [1.807, 2.05) is 12.4 Å². The SMILES string of the molecule is c1ccc(C(OC[C@H]2CC[C@H](COC(c3ccccc3)(c3ccccc3)c3ccccc3)N2c2ccncc2)(c2ccccc2)c2ccccc2)cc1. The van der Waals surface area contributed by atoms with Gasteiger partial charge in [0.05, 0.1) is 25.3 Å². The summed E-state index contributed by atoms with van der Waals surface area (Å²) in [6, 6.07) is 68.2. The van der Waals surface area contributed by atoms with Crippen molar-refractivity contribution in [2.24, 2.45) is 0 Å². The van der Waals surface area contributed by atoms with E-state index in [-0.39, 0.29) is 12.1 Å². The summed E-state index contributed by atoms with van der Waals surface area (Å²) in [4.78, 5) is 6.91. The maximum atomic E-state index is 7.43. The van der Waals surface area contributed by atoms with E-state index < -0.39 is 11.2 Å². The van der Waals surface area contributed by atoms with Crippen LogP contribution in [0.4, 0.5) is 5.69 Å². The number of hydrogen-bond acceptors (Lipinski definition) is 4. The first-order valence-corrected chi connectivity index (χ1v) is 18.6. The molecule has 0 amide bonds. The molecule has 0 saturated carbocycles. The summed E-state index contributed by atoms with van der Waals surface area (Å²) in [6.07, 6.45) is 5.68. The minimum atomic E-state index is -0.800. The number of pyridine rings is 1. The molecule has 8 rings (SSSR count). The van der Waals surface area contributed by atoms with E-state index >= 15 is 0 Å². The molecule has 2 heterocycles. The van der Waals surface area contributed by atoms with Crippen LogP contribution < -0.4 is 4.90 Å². The Hall–Kier alpha value is -5.81. The average Bonchev–Trinajstić information content (AvgIpc) is 3.66. The first-order chi connectivity index (χ1) is 26.3. The van der Waals surface area contributed by atoms with Crippen molar-refractivity contribution in [2.45, 2.75) is 36.1 Å². The smallest absolute Gasteiger partial charge is 0.143 e. The lowest BCUT2D eigenvalue weighted by Gasteiger charge is -2.40.